The average Bonchev–Trinajstić information content (AvgIpc) is 2.78. The lowest BCUT2D eigenvalue weighted by molar-refractivity contribution is -0.0258. The van der Waals surface area contributed by atoms with Crippen LogP contribution >= 0.6 is 0 Å². The Labute approximate surface area is 180 Å². The molecule has 9 heteroatoms. The Morgan fingerprint density at radius 2 is 1.90 bits per heavy atom. The fourth-order valence-corrected chi connectivity index (χ4v) is 4.37. The second-order valence-corrected chi connectivity index (χ2v) is 9.37. The molecule has 0 atom stereocenters. The second-order valence-electron chi connectivity index (χ2n) is 7.43. The van der Waals surface area contributed by atoms with Gasteiger partial charge in [0.25, 0.3) is 15.9 Å². The number of sulfonamides is 1. The summed E-state index contributed by atoms with van der Waals surface area (Å²) in [5.74, 6) is -0.142. The number of hydroxylamine groups is 1. The van der Waals surface area contributed by atoms with E-state index in [0.717, 1.165) is 63.0 Å². The van der Waals surface area contributed by atoms with Crippen LogP contribution in [-0.2, 0) is 19.6 Å². The van der Waals surface area contributed by atoms with Crippen LogP contribution in [0.4, 0.5) is 0 Å². The molecule has 1 heterocycles. The van der Waals surface area contributed by atoms with Crippen LogP contribution in [0.1, 0.15) is 43.0 Å². The number of benzene rings is 1. The van der Waals surface area contributed by atoms with E-state index in [0.29, 0.717) is 18.7 Å². The van der Waals surface area contributed by atoms with Gasteiger partial charge < -0.3 is 9.64 Å². The molecule has 0 N–H and O–H groups in total. The molecule has 1 aliphatic heterocycles. The standard InChI is InChI=1S/C21H35N3O5S/c1-4-5-6-7-11-24(13-12-23-14-16-29-17-15-23)21(25)19-9-8-10-20(18-19)30(26,27)22(2)28-3/h8-10,18H,4-7,11-17H2,1-3H3. The summed E-state index contributed by atoms with van der Waals surface area (Å²) in [6.45, 7) is 7.40. The van der Waals surface area contributed by atoms with E-state index in [-0.39, 0.29) is 10.8 Å². The third-order valence-corrected chi connectivity index (χ3v) is 7.01. The third-order valence-electron chi connectivity index (χ3n) is 5.33. The first kappa shape index (κ1) is 24.7. The Bertz CT molecular complexity index is 766. The maximum absolute atomic E-state index is 13.2. The van der Waals surface area contributed by atoms with E-state index >= 15 is 0 Å². The minimum atomic E-state index is -3.81. The average molecular weight is 442 g/mol. The van der Waals surface area contributed by atoms with Gasteiger partial charge in [0.05, 0.1) is 25.2 Å². The molecule has 0 aromatic heterocycles. The maximum Gasteiger partial charge on any atom is 0.264 e. The molecule has 1 aromatic carbocycles. The Morgan fingerprint density at radius 3 is 2.57 bits per heavy atom. The van der Waals surface area contributed by atoms with Gasteiger partial charge >= 0.3 is 0 Å². The zero-order valence-electron chi connectivity index (χ0n) is 18.4. The molecular weight excluding hydrogens is 406 g/mol. The van der Waals surface area contributed by atoms with Crippen molar-refractivity contribution in [2.24, 2.45) is 0 Å². The number of morpholine rings is 1. The van der Waals surface area contributed by atoms with Crippen molar-refractivity contribution >= 4 is 15.9 Å². The summed E-state index contributed by atoms with van der Waals surface area (Å²) in [4.78, 5) is 22.3. The SMILES string of the molecule is CCCCCCN(CCN1CCOCC1)C(=O)c1cccc(S(=O)(=O)N(C)OC)c1. The molecule has 0 spiro atoms. The van der Waals surface area contributed by atoms with E-state index in [4.69, 9.17) is 9.57 Å². The Balaban J connectivity index is 2.13. The zero-order chi connectivity index (χ0) is 22.0. The van der Waals surface area contributed by atoms with Crippen LogP contribution in [0.3, 0.4) is 0 Å². The highest BCUT2D eigenvalue weighted by molar-refractivity contribution is 7.89. The Kier molecular flexibility index (Phi) is 10.2. The van der Waals surface area contributed by atoms with Crippen LogP contribution in [0.15, 0.2) is 29.2 Å². The number of ether oxygens (including phenoxy) is 1. The highest BCUT2D eigenvalue weighted by Crippen LogP contribution is 2.18. The van der Waals surface area contributed by atoms with Gasteiger partial charge in [-0.3, -0.25) is 14.5 Å². The smallest absolute Gasteiger partial charge is 0.264 e. The van der Waals surface area contributed by atoms with E-state index < -0.39 is 10.0 Å². The lowest BCUT2D eigenvalue weighted by Crippen LogP contribution is -2.43. The summed E-state index contributed by atoms with van der Waals surface area (Å²) >= 11 is 0. The summed E-state index contributed by atoms with van der Waals surface area (Å²) in [5.41, 5.74) is 0.373. The first-order chi connectivity index (χ1) is 14.4. The summed E-state index contributed by atoms with van der Waals surface area (Å²) in [5, 5.41) is 0. The second kappa shape index (κ2) is 12.4. The van der Waals surface area contributed by atoms with Crippen LogP contribution in [0, 0.1) is 0 Å². The van der Waals surface area contributed by atoms with E-state index in [1.807, 2.05) is 4.90 Å². The predicted octanol–water partition coefficient (Wildman–Crippen LogP) is 2.22. The maximum atomic E-state index is 13.2. The first-order valence-corrected chi connectivity index (χ1v) is 12.1. The summed E-state index contributed by atoms with van der Waals surface area (Å²) < 4.78 is 31.3. The molecule has 2 rings (SSSR count). The number of carbonyl (C=O) groups is 1. The van der Waals surface area contributed by atoms with Gasteiger partial charge in [0.15, 0.2) is 0 Å². The van der Waals surface area contributed by atoms with Crippen LogP contribution < -0.4 is 0 Å². The van der Waals surface area contributed by atoms with Gasteiger partial charge in [-0.1, -0.05) is 36.7 Å². The minimum absolute atomic E-state index is 0.0387. The van der Waals surface area contributed by atoms with Crippen molar-refractivity contribution in [1.82, 2.24) is 14.3 Å². The van der Waals surface area contributed by atoms with Crippen molar-refractivity contribution in [2.75, 3.05) is 60.1 Å². The van der Waals surface area contributed by atoms with Gasteiger partial charge in [-0.05, 0) is 24.6 Å². The highest BCUT2D eigenvalue weighted by atomic mass is 32.2. The molecule has 0 unspecified atom stereocenters. The van der Waals surface area contributed by atoms with Gasteiger partial charge in [0, 0.05) is 45.3 Å². The predicted molar refractivity (Wildman–Crippen MR) is 116 cm³/mol. The van der Waals surface area contributed by atoms with Gasteiger partial charge in [-0.25, -0.2) is 8.42 Å². The number of rotatable bonds is 12. The van der Waals surface area contributed by atoms with Gasteiger partial charge in [-0.15, -0.1) is 0 Å². The molecule has 170 valence electrons. The number of nitrogens with zero attached hydrogens (tertiary/aromatic N) is 3. The van der Waals surface area contributed by atoms with E-state index in [2.05, 4.69) is 11.8 Å². The molecule has 1 aromatic rings. The highest BCUT2D eigenvalue weighted by Gasteiger charge is 2.24. The quantitative estimate of drug-likeness (QED) is 0.366. The first-order valence-electron chi connectivity index (χ1n) is 10.6. The van der Waals surface area contributed by atoms with Crippen molar-refractivity contribution in [3.8, 4) is 0 Å². The normalized spacial score (nSPS) is 15.5. The summed E-state index contributed by atoms with van der Waals surface area (Å²) in [6.07, 6.45) is 4.29. The van der Waals surface area contributed by atoms with Crippen LogP contribution in [0.2, 0.25) is 0 Å². The van der Waals surface area contributed by atoms with Crippen molar-refractivity contribution in [1.29, 1.82) is 0 Å². The molecule has 1 aliphatic rings. The van der Waals surface area contributed by atoms with Crippen LogP contribution in [0.5, 0.6) is 0 Å². The summed E-state index contributed by atoms with van der Waals surface area (Å²) in [6, 6.07) is 6.17. The Hall–Kier alpha value is -1.52. The number of unbranched alkanes of at least 4 members (excludes halogenated alkanes) is 3. The molecule has 30 heavy (non-hydrogen) atoms. The van der Waals surface area contributed by atoms with E-state index in [1.165, 1.54) is 26.3 Å². The molecule has 1 fully saturated rings. The molecular formula is C21H35N3O5S. The lowest BCUT2D eigenvalue weighted by atomic mass is 10.1. The molecule has 0 bridgehead atoms. The molecule has 0 radical (unpaired) electrons. The number of hydrogen-bond acceptors (Lipinski definition) is 6. The zero-order valence-corrected chi connectivity index (χ0v) is 19.2. The molecule has 1 saturated heterocycles. The van der Waals surface area contributed by atoms with Crippen molar-refractivity contribution in [3.63, 3.8) is 0 Å². The topological polar surface area (TPSA) is 79.4 Å². The number of carbonyl (C=O) groups excluding carboxylic acids is 1. The van der Waals surface area contributed by atoms with Crippen molar-refractivity contribution in [3.05, 3.63) is 29.8 Å². The minimum Gasteiger partial charge on any atom is -0.379 e. The van der Waals surface area contributed by atoms with Crippen LogP contribution in [0.25, 0.3) is 0 Å². The van der Waals surface area contributed by atoms with E-state index in [9.17, 15) is 13.2 Å². The molecule has 1 amide bonds. The van der Waals surface area contributed by atoms with Crippen molar-refractivity contribution < 1.29 is 22.8 Å². The monoisotopic (exact) mass is 441 g/mol. The molecule has 0 aliphatic carbocycles. The fraction of sp³-hybridized carbons (Fsp3) is 0.667. The Morgan fingerprint density at radius 1 is 1.17 bits per heavy atom. The third kappa shape index (κ3) is 7.02. The number of hydrogen-bond donors (Lipinski definition) is 0. The number of amides is 1. The fourth-order valence-electron chi connectivity index (χ4n) is 3.35. The van der Waals surface area contributed by atoms with E-state index in [1.54, 1.807) is 12.1 Å². The molecule has 0 saturated carbocycles. The van der Waals surface area contributed by atoms with Gasteiger partial charge in [-0.2, -0.15) is 0 Å². The molecule has 8 nitrogen and oxygen atoms in total. The van der Waals surface area contributed by atoms with Gasteiger partial charge in [0.2, 0.25) is 0 Å². The van der Waals surface area contributed by atoms with Crippen LogP contribution in [-0.4, -0.2) is 88.7 Å². The largest absolute Gasteiger partial charge is 0.379 e. The lowest BCUT2D eigenvalue weighted by Gasteiger charge is -2.30. The van der Waals surface area contributed by atoms with Gasteiger partial charge in [0.1, 0.15) is 0 Å². The van der Waals surface area contributed by atoms with Crippen molar-refractivity contribution in [2.45, 2.75) is 37.5 Å². The summed E-state index contributed by atoms with van der Waals surface area (Å²) in [7, 11) is -1.19.